The molecule has 0 bridgehead atoms. The van der Waals surface area contributed by atoms with Gasteiger partial charge in [0.25, 0.3) is 0 Å². The Hall–Kier alpha value is -2.56. The molecule has 23 heavy (non-hydrogen) atoms. The summed E-state index contributed by atoms with van der Waals surface area (Å²) >= 11 is 0. The lowest BCUT2D eigenvalue weighted by atomic mass is 9.90. The molecule has 2 aromatic carbocycles. The maximum atomic E-state index is 15.0. The van der Waals surface area contributed by atoms with Crippen LogP contribution in [-0.4, -0.2) is 25.3 Å². The van der Waals surface area contributed by atoms with Crippen LogP contribution in [0.5, 0.6) is 11.5 Å². The van der Waals surface area contributed by atoms with Crippen molar-refractivity contribution in [2.75, 3.05) is 14.2 Å². The number of benzene rings is 2. The minimum absolute atomic E-state index is 0.0125. The fourth-order valence-corrected chi connectivity index (χ4v) is 2.71. The monoisotopic (exact) mass is 318 g/mol. The molecular formula is C18H19FO4. The molecule has 0 aliphatic rings. The van der Waals surface area contributed by atoms with E-state index in [0.29, 0.717) is 28.9 Å². The fraction of sp³-hybridized carbons (Fsp3) is 0.278. The van der Waals surface area contributed by atoms with E-state index >= 15 is 4.39 Å². The molecule has 4 nitrogen and oxygen atoms in total. The minimum Gasteiger partial charge on any atom is -0.507 e. The van der Waals surface area contributed by atoms with Crippen LogP contribution >= 0.6 is 0 Å². The highest BCUT2D eigenvalue weighted by molar-refractivity contribution is 6.01. The zero-order valence-electron chi connectivity index (χ0n) is 13.6. The number of para-hydroxylation sites is 1. The van der Waals surface area contributed by atoms with Crippen LogP contribution in [0, 0.1) is 12.7 Å². The van der Waals surface area contributed by atoms with Gasteiger partial charge in [-0.15, -0.1) is 0 Å². The summed E-state index contributed by atoms with van der Waals surface area (Å²) < 4.78 is 25.0. The quantitative estimate of drug-likeness (QED) is 0.870. The third-order valence-corrected chi connectivity index (χ3v) is 3.89. The standard InChI is InChI=1S/C18H19FO4/c1-5-11-10(2)16(19)14(15(17(11)20)18(21)23-4)12-8-6-7-9-13(12)22-3/h6-9,20H,5H2,1-4H3. The molecule has 0 aliphatic heterocycles. The van der Waals surface area contributed by atoms with Crippen LogP contribution in [0.1, 0.15) is 28.4 Å². The third-order valence-electron chi connectivity index (χ3n) is 3.89. The Morgan fingerprint density at radius 2 is 1.91 bits per heavy atom. The highest BCUT2D eigenvalue weighted by Crippen LogP contribution is 2.42. The number of phenolic OH excluding ortho intramolecular Hbond substituents is 1. The van der Waals surface area contributed by atoms with Crippen molar-refractivity contribution in [3.63, 3.8) is 0 Å². The Bertz CT molecular complexity index is 753. The molecular weight excluding hydrogens is 299 g/mol. The first-order chi connectivity index (χ1) is 11.0. The van der Waals surface area contributed by atoms with E-state index in [-0.39, 0.29) is 16.9 Å². The van der Waals surface area contributed by atoms with Crippen molar-refractivity contribution in [1.29, 1.82) is 0 Å². The SMILES string of the molecule is CCc1c(C)c(F)c(-c2ccccc2OC)c(C(=O)OC)c1O. The second-order valence-electron chi connectivity index (χ2n) is 5.06. The van der Waals surface area contributed by atoms with Gasteiger partial charge in [0.15, 0.2) is 0 Å². The highest BCUT2D eigenvalue weighted by Gasteiger charge is 2.28. The maximum absolute atomic E-state index is 15.0. The Balaban J connectivity index is 2.94. The van der Waals surface area contributed by atoms with Crippen molar-refractivity contribution in [3.05, 3.63) is 46.8 Å². The van der Waals surface area contributed by atoms with Crippen molar-refractivity contribution in [2.45, 2.75) is 20.3 Å². The van der Waals surface area contributed by atoms with Gasteiger partial charge in [-0.05, 0) is 25.0 Å². The van der Waals surface area contributed by atoms with Crippen LogP contribution in [0.25, 0.3) is 11.1 Å². The van der Waals surface area contributed by atoms with Gasteiger partial charge in [0.2, 0.25) is 0 Å². The fourth-order valence-electron chi connectivity index (χ4n) is 2.71. The first-order valence-corrected chi connectivity index (χ1v) is 7.23. The summed E-state index contributed by atoms with van der Waals surface area (Å²) in [6.45, 7) is 3.36. The molecule has 0 saturated heterocycles. The number of hydrogen-bond acceptors (Lipinski definition) is 4. The van der Waals surface area contributed by atoms with Crippen LogP contribution in [0.4, 0.5) is 4.39 Å². The molecule has 0 atom stereocenters. The molecule has 5 heteroatoms. The molecule has 0 saturated carbocycles. The Morgan fingerprint density at radius 1 is 1.26 bits per heavy atom. The van der Waals surface area contributed by atoms with Gasteiger partial charge in [-0.25, -0.2) is 9.18 Å². The largest absolute Gasteiger partial charge is 0.507 e. The van der Waals surface area contributed by atoms with Crippen molar-refractivity contribution in [1.82, 2.24) is 0 Å². The van der Waals surface area contributed by atoms with E-state index in [1.54, 1.807) is 38.1 Å². The van der Waals surface area contributed by atoms with Gasteiger partial charge < -0.3 is 14.6 Å². The van der Waals surface area contributed by atoms with E-state index < -0.39 is 11.8 Å². The number of phenols is 1. The van der Waals surface area contributed by atoms with Gasteiger partial charge in [0.1, 0.15) is 22.9 Å². The van der Waals surface area contributed by atoms with Crippen LogP contribution in [-0.2, 0) is 11.2 Å². The number of aromatic hydroxyl groups is 1. The van der Waals surface area contributed by atoms with Crippen LogP contribution in [0.15, 0.2) is 24.3 Å². The molecule has 122 valence electrons. The number of rotatable bonds is 4. The lowest BCUT2D eigenvalue weighted by Crippen LogP contribution is -2.10. The van der Waals surface area contributed by atoms with Gasteiger partial charge in [0, 0.05) is 16.7 Å². The molecule has 0 radical (unpaired) electrons. The number of ether oxygens (including phenoxy) is 2. The molecule has 0 amide bonds. The van der Waals surface area contributed by atoms with Gasteiger partial charge in [-0.2, -0.15) is 0 Å². The summed E-state index contributed by atoms with van der Waals surface area (Å²) in [6.07, 6.45) is 0.394. The molecule has 0 aliphatic carbocycles. The average Bonchev–Trinajstić information content (AvgIpc) is 2.57. The molecule has 0 heterocycles. The molecule has 0 fully saturated rings. The lowest BCUT2D eigenvalue weighted by Gasteiger charge is -2.18. The predicted molar refractivity (Wildman–Crippen MR) is 85.5 cm³/mol. The van der Waals surface area contributed by atoms with Gasteiger partial charge >= 0.3 is 5.97 Å². The lowest BCUT2D eigenvalue weighted by molar-refractivity contribution is 0.0597. The van der Waals surface area contributed by atoms with E-state index in [1.165, 1.54) is 14.2 Å². The number of halogens is 1. The number of carbonyl (C=O) groups excluding carboxylic acids is 1. The van der Waals surface area contributed by atoms with Crippen molar-refractivity contribution < 1.29 is 23.8 Å². The van der Waals surface area contributed by atoms with Gasteiger partial charge in [-0.3, -0.25) is 0 Å². The topological polar surface area (TPSA) is 55.8 Å². The third kappa shape index (κ3) is 2.74. The summed E-state index contributed by atoms with van der Waals surface area (Å²) in [5.41, 5.74) is 0.882. The minimum atomic E-state index is -0.794. The summed E-state index contributed by atoms with van der Waals surface area (Å²) in [7, 11) is 2.65. The zero-order chi connectivity index (χ0) is 17.1. The van der Waals surface area contributed by atoms with E-state index in [1.807, 2.05) is 0 Å². The predicted octanol–water partition coefficient (Wildman–Crippen LogP) is 3.86. The number of hydrogen-bond donors (Lipinski definition) is 1. The smallest absolute Gasteiger partial charge is 0.342 e. The van der Waals surface area contributed by atoms with Crippen LogP contribution in [0.2, 0.25) is 0 Å². The first-order valence-electron chi connectivity index (χ1n) is 7.23. The number of methoxy groups -OCH3 is 2. The molecule has 1 N–H and O–H groups in total. The Labute approximate surface area is 134 Å². The number of esters is 1. The molecule has 0 unspecified atom stereocenters. The van der Waals surface area contributed by atoms with Crippen LogP contribution in [0.3, 0.4) is 0 Å². The van der Waals surface area contributed by atoms with Crippen molar-refractivity contribution >= 4 is 5.97 Å². The molecule has 0 aromatic heterocycles. The normalized spacial score (nSPS) is 10.5. The molecule has 2 rings (SSSR count). The van der Waals surface area contributed by atoms with Gasteiger partial charge in [-0.1, -0.05) is 25.1 Å². The second kappa shape index (κ2) is 6.69. The maximum Gasteiger partial charge on any atom is 0.342 e. The van der Waals surface area contributed by atoms with E-state index in [0.717, 1.165) is 0 Å². The van der Waals surface area contributed by atoms with Crippen molar-refractivity contribution in [2.24, 2.45) is 0 Å². The summed E-state index contributed by atoms with van der Waals surface area (Å²) in [5, 5.41) is 10.5. The summed E-state index contributed by atoms with van der Waals surface area (Å²) in [4.78, 5) is 12.2. The summed E-state index contributed by atoms with van der Waals surface area (Å²) in [6, 6.07) is 6.74. The second-order valence-corrected chi connectivity index (χ2v) is 5.06. The highest BCUT2D eigenvalue weighted by atomic mass is 19.1. The first kappa shape index (κ1) is 16.8. The van der Waals surface area contributed by atoms with Gasteiger partial charge in [0.05, 0.1) is 14.2 Å². The van der Waals surface area contributed by atoms with E-state index in [2.05, 4.69) is 0 Å². The van der Waals surface area contributed by atoms with Crippen molar-refractivity contribution in [3.8, 4) is 22.6 Å². The zero-order valence-corrected chi connectivity index (χ0v) is 13.6. The Kier molecular flexibility index (Phi) is 4.89. The van der Waals surface area contributed by atoms with E-state index in [4.69, 9.17) is 9.47 Å². The van der Waals surface area contributed by atoms with E-state index in [9.17, 15) is 9.90 Å². The van der Waals surface area contributed by atoms with Crippen LogP contribution < -0.4 is 4.74 Å². The number of carbonyl (C=O) groups is 1. The Morgan fingerprint density at radius 3 is 2.48 bits per heavy atom. The molecule has 2 aromatic rings. The average molecular weight is 318 g/mol. The summed E-state index contributed by atoms with van der Waals surface area (Å²) in [5.74, 6) is -1.21. The molecule has 0 spiro atoms.